The SMILES string of the molecule is CCn1c(-c2cccc(C(=O)NCC3CCCO3)c2)nc2cccnc21. The lowest BCUT2D eigenvalue weighted by molar-refractivity contribution is 0.0858. The summed E-state index contributed by atoms with van der Waals surface area (Å²) in [6.45, 7) is 4.17. The van der Waals surface area contributed by atoms with Gasteiger partial charge in [0.1, 0.15) is 11.3 Å². The normalized spacial score (nSPS) is 16.9. The van der Waals surface area contributed by atoms with E-state index in [9.17, 15) is 4.79 Å². The molecule has 0 bridgehead atoms. The lowest BCUT2D eigenvalue weighted by atomic mass is 10.1. The summed E-state index contributed by atoms with van der Waals surface area (Å²) in [6, 6.07) is 11.4. The number of nitrogens with zero attached hydrogens (tertiary/aromatic N) is 3. The van der Waals surface area contributed by atoms with E-state index in [4.69, 9.17) is 9.72 Å². The van der Waals surface area contributed by atoms with Gasteiger partial charge in [-0.15, -0.1) is 0 Å². The maximum absolute atomic E-state index is 12.5. The Hall–Kier alpha value is -2.73. The molecule has 1 saturated heterocycles. The Kier molecular flexibility index (Phi) is 4.67. The van der Waals surface area contributed by atoms with Gasteiger partial charge < -0.3 is 14.6 Å². The van der Waals surface area contributed by atoms with Crippen LogP contribution in [0.25, 0.3) is 22.6 Å². The van der Waals surface area contributed by atoms with Gasteiger partial charge >= 0.3 is 0 Å². The fraction of sp³-hybridized carbons (Fsp3) is 0.350. The summed E-state index contributed by atoms with van der Waals surface area (Å²) in [6.07, 6.45) is 3.98. The molecule has 134 valence electrons. The quantitative estimate of drug-likeness (QED) is 0.768. The van der Waals surface area contributed by atoms with Gasteiger partial charge in [0.05, 0.1) is 6.10 Å². The van der Waals surface area contributed by atoms with Crippen LogP contribution in [0, 0.1) is 0 Å². The second kappa shape index (κ2) is 7.25. The largest absolute Gasteiger partial charge is 0.376 e. The van der Waals surface area contributed by atoms with Crippen molar-refractivity contribution in [3.05, 3.63) is 48.2 Å². The van der Waals surface area contributed by atoms with Crippen molar-refractivity contribution in [3.8, 4) is 11.4 Å². The van der Waals surface area contributed by atoms with Crippen molar-refractivity contribution in [2.45, 2.75) is 32.4 Å². The van der Waals surface area contributed by atoms with E-state index in [0.29, 0.717) is 12.1 Å². The molecule has 1 N–H and O–H groups in total. The first-order valence-electron chi connectivity index (χ1n) is 9.07. The zero-order valence-corrected chi connectivity index (χ0v) is 14.8. The van der Waals surface area contributed by atoms with E-state index in [1.165, 1.54) is 0 Å². The summed E-state index contributed by atoms with van der Waals surface area (Å²) < 4.78 is 7.63. The highest BCUT2D eigenvalue weighted by Crippen LogP contribution is 2.24. The van der Waals surface area contributed by atoms with Crippen LogP contribution in [0.3, 0.4) is 0 Å². The van der Waals surface area contributed by atoms with Gasteiger partial charge in [-0.1, -0.05) is 12.1 Å². The Morgan fingerprint density at radius 2 is 2.27 bits per heavy atom. The molecule has 26 heavy (non-hydrogen) atoms. The van der Waals surface area contributed by atoms with E-state index in [2.05, 4.69) is 21.8 Å². The number of carbonyl (C=O) groups excluding carboxylic acids is 1. The molecule has 6 heteroatoms. The fourth-order valence-electron chi connectivity index (χ4n) is 3.39. The van der Waals surface area contributed by atoms with E-state index >= 15 is 0 Å². The number of benzene rings is 1. The van der Waals surface area contributed by atoms with Crippen molar-refractivity contribution in [2.75, 3.05) is 13.2 Å². The van der Waals surface area contributed by atoms with E-state index in [1.807, 2.05) is 36.4 Å². The van der Waals surface area contributed by atoms with Crippen LogP contribution in [0.15, 0.2) is 42.6 Å². The number of aryl methyl sites for hydroxylation is 1. The number of rotatable bonds is 5. The molecule has 0 saturated carbocycles. The molecule has 0 radical (unpaired) electrons. The molecule has 0 spiro atoms. The van der Waals surface area contributed by atoms with Crippen molar-refractivity contribution in [2.24, 2.45) is 0 Å². The molecule has 0 aliphatic carbocycles. The molecular formula is C20H22N4O2. The van der Waals surface area contributed by atoms with Gasteiger partial charge in [0.15, 0.2) is 5.65 Å². The molecule has 1 aliphatic heterocycles. The summed E-state index contributed by atoms with van der Waals surface area (Å²) in [7, 11) is 0. The topological polar surface area (TPSA) is 69.0 Å². The van der Waals surface area contributed by atoms with Gasteiger partial charge in [0, 0.05) is 37.0 Å². The third-order valence-corrected chi connectivity index (χ3v) is 4.72. The van der Waals surface area contributed by atoms with Gasteiger partial charge in [0.2, 0.25) is 0 Å². The van der Waals surface area contributed by atoms with Crippen LogP contribution in [0.5, 0.6) is 0 Å². The van der Waals surface area contributed by atoms with Gasteiger partial charge in [0.25, 0.3) is 5.91 Å². The maximum Gasteiger partial charge on any atom is 0.251 e. The zero-order chi connectivity index (χ0) is 17.9. The van der Waals surface area contributed by atoms with Crippen molar-refractivity contribution >= 4 is 17.1 Å². The number of nitrogens with one attached hydrogen (secondary N) is 1. The Bertz CT molecular complexity index is 928. The lowest BCUT2D eigenvalue weighted by Crippen LogP contribution is -2.31. The van der Waals surface area contributed by atoms with Crippen LogP contribution in [-0.2, 0) is 11.3 Å². The van der Waals surface area contributed by atoms with Crippen molar-refractivity contribution in [1.82, 2.24) is 19.9 Å². The Morgan fingerprint density at radius 1 is 1.35 bits per heavy atom. The third-order valence-electron chi connectivity index (χ3n) is 4.72. The molecule has 2 aromatic heterocycles. The van der Waals surface area contributed by atoms with Crippen molar-refractivity contribution in [3.63, 3.8) is 0 Å². The van der Waals surface area contributed by atoms with Crippen LogP contribution in [-0.4, -0.2) is 39.7 Å². The number of amides is 1. The molecule has 1 unspecified atom stereocenters. The minimum atomic E-state index is -0.0837. The monoisotopic (exact) mass is 350 g/mol. The van der Waals surface area contributed by atoms with Crippen molar-refractivity contribution < 1.29 is 9.53 Å². The first-order valence-corrected chi connectivity index (χ1v) is 9.07. The highest BCUT2D eigenvalue weighted by molar-refractivity contribution is 5.95. The molecular weight excluding hydrogens is 328 g/mol. The molecule has 3 aromatic rings. The predicted molar refractivity (Wildman–Crippen MR) is 99.9 cm³/mol. The molecule has 6 nitrogen and oxygen atoms in total. The Labute approximate surface area is 152 Å². The number of imidazole rings is 1. The van der Waals surface area contributed by atoms with E-state index in [-0.39, 0.29) is 12.0 Å². The van der Waals surface area contributed by atoms with E-state index in [1.54, 1.807) is 6.20 Å². The summed E-state index contributed by atoms with van der Waals surface area (Å²) in [5.74, 6) is 0.745. The fourth-order valence-corrected chi connectivity index (χ4v) is 3.39. The summed E-state index contributed by atoms with van der Waals surface area (Å²) in [5.41, 5.74) is 3.26. The molecule has 1 aliphatic rings. The van der Waals surface area contributed by atoms with E-state index < -0.39 is 0 Å². The summed E-state index contributed by atoms with van der Waals surface area (Å²) in [4.78, 5) is 21.7. The summed E-state index contributed by atoms with van der Waals surface area (Å²) in [5, 5.41) is 2.97. The average Bonchev–Trinajstić information content (AvgIpc) is 3.33. The molecule has 3 heterocycles. The maximum atomic E-state index is 12.5. The van der Waals surface area contributed by atoms with Crippen molar-refractivity contribution in [1.29, 1.82) is 0 Å². The first kappa shape index (κ1) is 16.7. The minimum absolute atomic E-state index is 0.0837. The average molecular weight is 350 g/mol. The second-order valence-electron chi connectivity index (χ2n) is 6.45. The zero-order valence-electron chi connectivity index (χ0n) is 14.8. The number of hydrogen-bond acceptors (Lipinski definition) is 4. The van der Waals surface area contributed by atoms with E-state index in [0.717, 1.165) is 48.5 Å². The molecule has 4 rings (SSSR count). The molecule has 1 atom stereocenters. The molecule has 1 aromatic carbocycles. The summed E-state index contributed by atoms with van der Waals surface area (Å²) >= 11 is 0. The smallest absolute Gasteiger partial charge is 0.251 e. The molecule has 1 amide bonds. The third kappa shape index (κ3) is 3.20. The van der Waals surface area contributed by atoms with Crippen LogP contribution in [0.4, 0.5) is 0 Å². The van der Waals surface area contributed by atoms with Gasteiger partial charge in [-0.3, -0.25) is 4.79 Å². The van der Waals surface area contributed by atoms with Crippen LogP contribution in [0.1, 0.15) is 30.1 Å². The van der Waals surface area contributed by atoms with Gasteiger partial charge in [-0.25, -0.2) is 9.97 Å². The van der Waals surface area contributed by atoms with Crippen LogP contribution >= 0.6 is 0 Å². The lowest BCUT2D eigenvalue weighted by Gasteiger charge is -2.11. The number of fused-ring (bicyclic) bond motifs is 1. The molecule has 1 fully saturated rings. The Morgan fingerprint density at radius 3 is 3.08 bits per heavy atom. The van der Waals surface area contributed by atoms with Crippen LogP contribution in [0.2, 0.25) is 0 Å². The number of ether oxygens (including phenoxy) is 1. The standard InChI is InChI=1S/C20H22N4O2/c1-2-24-18(23-17-9-4-10-21-19(17)24)14-6-3-7-15(12-14)20(25)22-13-16-8-5-11-26-16/h3-4,6-7,9-10,12,16H,2,5,8,11,13H2,1H3,(H,22,25). The highest BCUT2D eigenvalue weighted by atomic mass is 16.5. The predicted octanol–water partition coefficient (Wildman–Crippen LogP) is 3.03. The highest BCUT2D eigenvalue weighted by Gasteiger charge is 2.18. The van der Waals surface area contributed by atoms with Gasteiger partial charge in [-0.2, -0.15) is 0 Å². The number of carbonyl (C=O) groups is 1. The first-order chi connectivity index (χ1) is 12.8. The minimum Gasteiger partial charge on any atom is -0.376 e. The number of hydrogen-bond donors (Lipinski definition) is 1. The number of pyridine rings is 1. The van der Waals surface area contributed by atoms with Crippen LogP contribution < -0.4 is 5.32 Å². The number of aromatic nitrogens is 3. The van der Waals surface area contributed by atoms with Gasteiger partial charge in [-0.05, 0) is 44.0 Å². The second-order valence-corrected chi connectivity index (χ2v) is 6.45. The Balaban J connectivity index is 1.60.